The van der Waals surface area contributed by atoms with E-state index in [0.717, 1.165) is 12.8 Å². The van der Waals surface area contributed by atoms with E-state index >= 15 is 0 Å². The zero-order valence-corrected chi connectivity index (χ0v) is 16.6. The topological polar surface area (TPSA) is 99.7 Å². The van der Waals surface area contributed by atoms with Crippen LogP contribution in [0, 0.1) is 0 Å². The van der Waals surface area contributed by atoms with E-state index in [1.54, 1.807) is 0 Å². The Morgan fingerprint density at radius 1 is 1.14 bits per heavy atom. The third-order valence-electron chi connectivity index (χ3n) is 5.36. The number of aliphatic hydroxyl groups is 1. The predicted molar refractivity (Wildman–Crippen MR) is 106 cm³/mol. The standard InChI is InChI=1S/C21H31N3O4/c1-13(2)22-21(27)24-18-8-7-17(28-19(18)12-25)11-20(26)23-16-9-14-5-3-4-6-15(14)10-16/h3-6,13,16-19,25H,7-12H2,1-2H3,(H,23,26)(H2,22,24,27)/t17-,18+,19-/m1/s1. The number of amides is 3. The lowest BCUT2D eigenvalue weighted by Crippen LogP contribution is -2.54. The van der Waals surface area contributed by atoms with Gasteiger partial charge in [-0.25, -0.2) is 4.79 Å². The van der Waals surface area contributed by atoms with Gasteiger partial charge in [-0.05, 0) is 50.7 Å². The van der Waals surface area contributed by atoms with Crippen molar-refractivity contribution < 1.29 is 19.4 Å². The number of hydrogen-bond acceptors (Lipinski definition) is 4. The molecular weight excluding hydrogens is 358 g/mol. The first-order valence-corrected chi connectivity index (χ1v) is 10.1. The molecular formula is C21H31N3O4. The molecule has 1 fully saturated rings. The third kappa shape index (κ3) is 5.45. The minimum atomic E-state index is -0.500. The van der Waals surface area contributed by atoms with E-state index in [1.165, 1.54) is 11.1 Å². The second-order valence-electron chi connectivity index (χ2n) is 8.08. The smallest absolute Gasteiger partial charge is 0.315 e. The molecule has 1 heterocycles. The van der Waals surface area contributed by atoms with Crippen LogP contribution in [0.4, 0.5) is 4.79 Å². The quantitative estimate of drug-likeness (QED) is 0.589. The third-order valence-corrected chi connectivity index (χ3v) is 5.36. The SMILES string of the molecule is CC(C)NC(=O)N[C@H]1CC[C@H](CC(=O)NC2Cc3ccccc3C2)O[C@@H]1CO. The lowest BCUT2D eigenvalue weighted by Gasteiger charge is -2.36. The van der Waals surface area contributed by atoms with Crippen molar-refractivity contribution in [2.75, 3.05) is 6.61 Å². The van der Waals surface area contributed by atoms with Gasteiger partial charge in [-0.3, -0.25) is 4.79 Å². The van der Waals surface area contributed by atoms with Crippen LogP contribution >= 0.6 is 0 Å². The second kappa shape index (κ2) is 9.39. The molecule has 0 saturated carbocycles. The van der Waals surface area contributed by atoms with Crippen molar-refractivity contribution in [1.29, 1.82) is 0 Å². The highest BCUT2D eigenvalue weighted by Gasteiger charge is 2.33. The summed E-state index contributed by atoms with van der Waals surface area (Å²) in [6, 6.07) is 7.93. The summed E-state index contributed by atoms with van der Waals surface area (Å²) in [6.07, 6.45) is 2.60. The summed E-state index contributed by atoms with van der Waals surface area (Å²) in [5, 5.41) is 18.4. The number of aliphatic hydroxyl groups excluding tert-OH is 1. The fraction of sp³-hybridized carbons (Fsp3) is 0.619. The number of urea groups is 1. The van der Waals surface area contributed by atoms with Crippen LogP contribution in [-0.4, -0.2) is 54.0 Å². The van der Waals surface area contributed by atoms with Gasteiger partial charge in [0, 0.05) is 12.1 Å². The maximum atomic E-state index is 12.5. The van der Waals surface area contributed by atoms with E-state index in [0.29, 0.717) is 12.8 Å². The van der Waals surface area contributed by atoms with Gasteiger partial charge in [0.25, 0.3) is 0 Å². The Balaban J connectivity index is 1.44. The predicted octanol–water partition coefficient (Wildman–Crippen LogP) is 1.28. The molecule has 1 aliphatic carbocycles. The molecule has 1 aromatic rings. The molecule has 154 valence electrons. The fourth-order valence-corrected chi connectivity index (χ4v) is 4.07. The van der Waals surface area contributed by atoms with Gasteiger partial charge in [-0.15, -0.1) is 0 Å². The second-order valence-corrected chi connectivity index (χ2v) is 8.08. The molecule has 0 unspecified atom stereocenters. The highest BCUT2D eigenvalue weighted by molar-refractivity contribution is 5.77. The largest absolute Gasteiger partial charge is 0.394 e. The van der Waals surface area contributed by atoms with Gasteiger partial charge < -0.3 is 25.8 Å². The zero-order valence-electron chi connectivity index (χ0n) is 16.6. The normalized spacial score (nSPS) is 24.6. The lowest BCUT2D eigenvalue weighted by atomic mass is 9.97. The van der Waals surface area contributed by atoms with Crippen molar-refractivity contribution in [3.63, 3.8) is 0 Å². The maximum absolute atomic E-state index is 12.5. The summed E-state index contributed by atoms with van der Waals surface area (Å²) >= 11 is 0. The highest BCUT2D eigenvalue weighted by Crippen LogP contribution is 2.24. The highest BCUT2D eigenvalue weighted by atomic mass is 16.5. The molecule has 1 aliphatic heterocycles. The first kappa shape index (κ1) is 20.6. The zero-order chi connectivity index (χ0) is 20.1. The first-order valence-electron chi connectivity index (χ1n) is 10.1. The van der Waals surface area contributed by atoms with Gasteiger partial charge in [0.1, 0.15) is 6.10 Å². The lowest BCUT2D eigenvalue weighted by molar-refractivity contribution is -0.131. The number of carbonyl (C=O) groups is 2. The van der Waals surface area contributed by atoms with E-state index in [1.807, 2.05) is 26.0 Å². The van der Waals surface area contributed by atoms with Gasteiger partial charge in [0.05, 0.1) is 25.2 Å². The molecule has 7 heteroatoms. The number of nitrogens with one attached hydrogen (secondary N) is 3. The fourth-order valence-electron chi connectivity index (χ4n) is 4.07. The minimum absolute atomic E-state index is 0.0246. The van der Waals surface area contributed by atoms with E-state index < -0.39 is 6.10 Å². The number of rotatable bonds is 6. The molecule has 28 heavy (non-hydrogen) atoms. The van der Waals surface area contributed by atoms with Crippen LogP contribution < -0.4 is 16.0 Å². The molecule has 0 aromatic heterocycles. The van der Waals surface area contributed by atoms with Crippen LogP contribution in [0.5, 0.6) is 0 Å². The number of ether oxygens (including phenoxy) is 1. The molecule has 3 rings (SSSR count). The van der Waals surface area contributed by atoms with Crippen molar-refractivity contribution in [3.05, 3.63) is 35.4 Å². The molecule has 1 saturated heterocycles. The molecule has 1 aromatic carbocycles. The van der Waals surface area contributed by atoms with Gasteiger partial charge in [0.2, 0.25) is 5.91 Å². The summed E-state index contributed by atoms with van der Waals surface area (Å²) in [5.41, 5.74) is 2.60. The Labute approximate surface area is 166 Å². The molecule has 0 bridgehead atoms. The van der Waals surface area contributed by atoms with Crippen molar-refractivity contribution in [3.8, 4) is 0 Å². The molecule has 0 radical (unpaired) electrons. The van der Waals surface area contributed by atoms with Gasteiger partial charge in [-0.2, -0.15) is 0 Å². The van der Waals surface area contributed by atoms with Crippen molar-refractivity contribution >= 4 is 11.9 Å². The Morgan fingerprint density at radius 3 is 2.43 bits per heavy atom. The Kier molecular flexibility index (Phi) is 6.91. The summed E-state index contributed by atoms with van der Waals surface area (Å²) < 4.78 is 5.90. The molecule has 4 N–H and O–H groups in total. The molecule has 0 spiro atoms. The minimum Gasteiger partial charge on any atom is -0.394 e. The Hall–Kier alpha value is -2.12. The van der Waals surface area contributed by atoms with Crippen LogP contribution in [-0.2, 0) is 22.4 Å². The Bertz CT molecular complexity index is 669. The monoisotopic (exact) mass is 389 g/mol. The molecule has 3 amide bonds. The molecule has 3 atom stereocenters. The number of hydrogen-bond donors (Lipinski definition) is 4. The maximum Gasteiger partial charge on any atom is 0.315 e. The average molecular weight is 389 g/mol. The Morgan fingerprint density at radius 2 is 1.82 bits per heavy atom. The summed E-state index contributed by atoms with van der Waals surface area (Å²) in [7, 11) is 0. The number of carbonyl (C=O) groups excluding carboxylic acids is 2. The van der Waals surface area contributed by atoms with Crippen LogP contribution in [0.3, 0.4) is 0 Å². The summed E-state index contributed by atoms with van der Waals surface area (Å²) in [6.45, 7) is 3.58. The van der Waals surface area contributed by atoms with Crippen LogP contribution in [0.25, 0.3) is 0 Å². The summed E-state index contributed by atoms with van der Waals surface area (Å²) in [4.78, 5) is 24.4. The van der Waals surface area contributed by atoms with Crippen molar-refractivity contribution in [2.24, 2.45) is 0 Å². The van der Waals surface area contributed by atoms with Crippen LogP contribution in [0.1, 0.15) is 44.2 Å². The summed E-state index contributed by atoms with van der Waals surface area (Å²) in [5.74, 6) is -0.0246. The van der Waals surface area contributed by atoms with E-state index in [-0.39, 0.29) is 49.2 Å². The van der Waals surface area contributed by atoms with Crippen molar-refractivity contribution in [1.82, 2.24) is 16.0 Å². The van der Waals surface area contributed by atoms with Crippen molar-refractivity contribution in [2.45, 2.75) is 76.3 Å². The number of benzene rings is 1. The average Bonchev–Trinajstić information content (AvgIpc) is 3.04. The van der Waals surface area contributed by atoms with Gasteiger partial charge >= 0.3 is 6.03 Å². The molecule has 2 aliphatic rings. The molecule has 7 nitrogen and oxygen atoms in total. The van der Waals surface area contributed by atoms with Gasteiger partial charge in [0.15, 0.2) is 0 Å². The van der Waals surface area contributed by atoms with Crippen LogP contribution in [0.2, 0.25) is 0 Å². The van der Waals surface area contributed by atoms with E-state index in [2.05, 4.69) is 28.1 Å². The first-order chi connectivity index (χ1) is 13.4. The van der Waals surface area contributed by atoms with Crippen LogP contribution in [0.15, 0.2) is 24.3 Å². The number of fused-ring (bicyclic) bond motifs is 1. The van der Waals surface area contributed by atoms with Gasteiger partial charge in [-0.1, -0.05) is 24.3 Å². The van der Waals surface area contributed by atoms with E-state index in [9.17, 15) is 14.7 Å². The van der Waals surface area contributed by atoms with E-state index in [4.69, 9.17) is 4.74 Å².